The highest BCUT2D eigenvalue weighted by Gasteiger charge is 2.20. The SMILES string of the molecule is NC(=O)CC[C@@H](NC(=O)CCc1ccc2[nH]ccc2c1)C(=O)O. The van der Waals surface area contributed by atoms with Gasteiger partial charge in [-0.1, -0.05) is 6.07 Å². The molecule has 1 aromatic carbocycles. The molecular formula is C16H19N3O4. The van der Waals surface area contributed by atoms with Crippen LogP contribution in [0.1, 0.15) is 24.8 Å². The molecule has 2 amide bonds. The summed E-state index contributed by atoms with van der Waals surface area (Å²) in [4.78, 5) is 36.8. The molecule has 0 radical (unpaired) electrons. The van der Waals surface area contributed by atoms with Gasteiger partial charge in [0.1, 0.15) is 6.04 Å². The van der Waals surface area contributed by atoms with Crippen LogP contribution in [0.4, 0.5) is 0 Å². The number of rotatable bonds is 8. The number of amides is 2. The van der Waals surface area contributed by atoms with Gasteiger partial charge in [-0.25, -0.2) is 4.79 Å². The van der Waals surface area contributed by atoms with Gasteiger partial charge in [-0.05, 0) is 42.0 Å². The Morgan fingerprint density at radius 2 is 2.00 bits per heavy atom. The number of hydrogen-bond donors (Lipinski definition) is 4. The number of aryl methyl sites for hydroxylation is 1. The van der Waals surface area contributed by atoms with Crippen LogP contribution in [-0.4, -0.2) is 33.9 Å². The first-order valence-corrected chi connectivity index (χ1v) is 7.32. The first-order valence-electron chi connectivity index (χ1n) is 7.32. The average Bonchev–Trinajstić information content (AvgIpc) is 2.96. The summed E-state index contributed by atoms with van der Waals surface area (Å²) >= 11 is 0. The molecule has 122 valence electrons. The van der Waals surface area contributed by atoms with E-state index in [2.05, 4.69) is 10.3 Å². The quantitative estimate of drug-likeness (QED) is 0.578. The number of H-pyrrole nitrogens is 1. The van der Waals surface area contributed by atoms with Crippen LogP contribution in [-0.2, 0) is 20.8 Å². The van der Waals surface area contributed by atoms with Gasteiger partial charge in [0.15, 0.2) is 0 Å². The van der Waals surface area contributed by atoms with Crippen LogP contribution < -0.4 is 11.1 Å². The van der Waals surface area contributed by atoms with Crippen molar-refractivity contribution in [3.05, 3.63) is 36.0 Å². The molecule has 7 heteroatoms. The molecule has 1 heterocycles. The molecule has 1 aromatic heterocycles. The fraction of sp³-hybridized carbons (Fsp3) is 0.312. The van der Waals surface area contributed by atoms with Crippen molar-refractivity contribution < 1.29 is 19.5 Å². The Labute approximate surface area is 132 Å². The molecule has 7 nitrogen and oxygen atoms in total. The molecule has 0 fully saturated rings. The number of nitrogens with two attached hydrogens (primary N) is 1. The van der Waals surface area contributed by atoms with E-state index >= 15 is 0 Å². The van der Waals surface area contributed by atoms with Crippen molar-refractivity contribution in [1.82, 2.24) is 10.3 Å². The minimum atomic E-state index is -1.17. The molecule has 0 aliphatic rings. The lowest BCUT2D eigenvalue weighted by molar-refractivity contribution is -0.142. The van der Waals surface area contributed by atoms with Gasteiger partial charge >= 0.3 is 5.97 Å². The Morgan fingerprint density at radius 1 is 1.22 bits per heavy atom. The Balaban J connectivity index is 1.87. The van der Waals surface area contributed by atoms with Crippen LogP contribution in [0, 0.1) is 0 Å². The third-order valence-electron chi connectivity index (χ3n) is 3.57. The van der Waals surface area contributed by atoms with Gasteiger partial charge in [-0.15, -0.1) is 0 Å². The zero-order chi connectivity index (χ0) is 16.8. The lowest BCUT2D eigenvalue weighted by Crippen LogP contribution is -2.41. The first kappa shape index (κ1) is 16.5. The van der Waals surface area contributed by atoms with Gasteiger partial charge in [0.05, 0.1) is 0 Å². The zero-order valence-corrected chi connectivity index (χ0v) is 12.5. The van der Waals surface area contributed by atoms with Crippen molar-refractivity contribution in [2.45, 2.75) is 31.7 Å². The second-order valence-corrected chi connectivity index (χ2v) is 5.36. The van der Waals surface area contributed by atoms with Crippen LogP contribution in [0.3, 0.4) is 0 Å². The standard InChI is InChI=1S/C16H19N3O4/c17-14(20)5-4-13(16(22)23)19-15(21)6-2-10-1-3-12-11(9-10)7-8-18-12/h1,3,7-9,13,18H,2,4-6H2,(H2,17,20)(H,19,21)(H,22,23)/t13-/m1/s1. The zero-order valence-electron chi connectivity index (χ0n) is 12.5. The van der Waals surface area contributed by atoms with E-state index in [0.717, 1.165) is 16.5 Å². The van der Waals surface area contributed by atoms with Crippen molar-refractivity contribution >= 4 is 28.7 Å². The van der Waals surface area contributed by atoms with Crippen molar-refractivity contribution in [2.24, 2.45) is 5.73 Å². The van der Waals surface area contributed by atoms with Crippen molar-refractivity contribution in [3.63, 3.8) is 0 Å². The molecule has 0 spiro atoms. The predicted octanol–water partition coefficient (Wildman–Crippen LogP) is 0.935. The van der Waals surface area contributed by atoms with Crippen molar-refractivity contribution in [3.8, 4) is 0 Å². The number of benzene rings is 1. The number of aliphatic carboxylic acids is 1. The van der Waals surface area contributed by atoms with E-state index in [1.54, 1.807) is 0 Å². The highest BCUT2D eigenvalue weighted by atomic mass is 16.4. The monoisotopic (exact) mass is 317 g/mol. The van der Waals surface area contributed by atoms with E-state index in [0.29, 0.717) is 6.42 Å². The molecule has 23 heavy (non-hydrogen) atoms. The second-order valence-electron chi connectivity index (χ2n) is 5.36. The highest BCUT2D eigenvalue weighted by molar-refractivity contribution is 5.84. The molecule has 0 aliphatic carbocycles. The van der Waals surface area contributed by atoms with Crippen molar-refractivity contribution in [1.29, 1.82) is 0 Å². The number of hydrogen-bond acceptors (Lipinski definition) is 3. The molecule has 5 N–H and O–H groups in total. The van der Waals surface area contributed by atoms with Crippen LogP contribution >= 0.6 is 0 Å². The summed E-state index contributed by atoms with van der Waals surface area (Å²) in [5.41, 5.74) is 7.02. The predicted molar refractivity (Wildman–Crippen MR) is 84.6 cm³/mol. The van der Waals surface area contributed by atoms with Gasteiger partial charge in [0, 0.05) is 24.6 Å². The third-order valence-corrected chi connectivity index (χ3v) is 3.57. The van der Waals surface area contributed by atoms with E-state index in [1.165, 1.54) is 0 Å². The van der Waals surface area contributed by atoms with E-state index in [4.69, 9.17) is 10.8 Å². The Hall–Kier alpha value is -2.83. The normalized spacial score (nSPS) is 12.0. The third kappa shape index (κ3) is 4.84. The topological polar surface area (TPSA) is 125 Å². The van der Waals surface area contributed by atoms with Crippen LogP contribution in [0.15, 0.2) is 30.5 Å². The molecule has 0 unspecified atom stereocenters. The minimum absolute atomic E-state index is 0.00822. The Bertz CT molecular complexity index is 723. The average molecular weight is 317 g/mol. The molecule has 2 aromatic rings. The maximum absolute atomic E-state index is 11.9. The number of aromatic nitrogens is 1. The van der Waals surface area contributed by atoms with Gasteiger partial charge in [-0.2, -0.15) is 0 Å². The Kier molecular flexibility index (Phi) is 5.35. The van der Waals surface area contributed by atoms with Gasteiger partial charge in [0.25, 0.3) is 0 Å². The van der Waals surface area contributed by atoms with Crippen LogP contribution in [0.2, 0.25) is 0 Å². The minimum Gasteiger partial charge on any atom is -0.480 e. The van der Waals surface area contributed by atoms with Gasteiger partial charge < -0.3 is 21.1 Å². The summed E-state index contributed by atoms with van der Waals surface area (Å²) in [6, 6.07) is 6.70. The number of carbonyl (C=O) groups is 3. The fourth-order valence-electron chi connectivity index (χ4n) is 2.33. The highest BCUT2D eigenvalue weighted by Crippen LogP contribution is 2.15. The smallest absolute Gasteiger partial charge is 0.326 e. The molecule has 2 rings (SSSR count). The number of carbonyl (C=O) groups excluding carboxylic acids is 2. The van der Waals surface area contributed by atoms with Gasteiger partial charge in [0.2, 0.25) is 11.8 Å². The number of aromatic amines is 1. The number of nitrogens with one attached hydrogen (secondary N) is 2. The van der Waals surface area contributed by atoms with Crippen LogP contribution in [0.25, 0.3) is 10.9 Å². The fourth-order valence-corrected chi connectivity index (χ4v) is 2.33. The summed E-state index contributed by atoms with van der Waals surface area (Å²) in [6.07, 6.45) is 2.44. The van der Waals surface area contributed by atoms with E-state index in [9.17, 15) is 14.4 Å². The maximum Gasteiger partial charge on any atom is 0.326 e. The largest absolute Gasteiger partial charge is 0.480 e. The first-order chi connectivity index (χ1) is 11.0. The van der Waals surface area contributed by atoms with Crippen LogP contribution in [0.5, 0.6) is 0 Å². The number of fused-ring (bicyclic) bond motifs is 1. The second kappa shape index (κ2) is 7.44. The molecule has 0 aliphatic heterocycles. The number of carboxylic acids is 1. The van der Waals surface area contributed by atoms with E-state index in [-0.39, 0.29) is 25.2 Å². The number of primary amides is 1. The summed E-state index contributed by atoms with van der Waals surface area (Å²) in [5.74, 6) is -2.13. The molecule has 0 bridgehead atoms. The van der Waals surface area contributed by atoms with Gasteiger partial charge in [-0.3, -0.25) is 9.59 Å². The summed E-state index contributed by atoms with van der Waals surface area (Å²) in [6.45, 7) is 0. The molecular weight excluding hydrogens is 298 g/mol. The molecule has 0 saturated heterocycles. The van der Waals surface area contributed by atoms with E-state index in [1.807, 2.05) is 30.5 Å². The van der Waals surface area contributed by atoms with E-state index < -0.39 is 17.9 Å². The summed E-state index contributed by atoms with van der Waals surface area (Å²) < 4.78 is 0. The maximum atomic E-state index is 11.9. The number of carboxylic acid groups (broad SMARTS) is 1. The molecule has 1 atom stereocenters. The lowest BCUT2D eigenvalue weighted by Gasteiger charge is -2.13. The summed E-state index contributed by atoms with van der Waals surface area (Å²) in [5, 5.41) is 12.5. The summed E-state index contributed by atoms with van der Waals surface area (Å²) in [7, 11) is 0. The molecule has 0 saturated carbocycles. The van der Waals surface area contributed by atoms with Crippen molar-refractivity contribution in [2.75, 3.05) is 0 Å². The lowest BCUT2D eigenvalue weighted by atomic mass is 10.1. The Morgan fingerprint density at radius 3 is 2.70 bits per heavy atom.